The molecule has 2 N–H and O–H groups in total. The average Bonchev–Trinajstić information content (AvgIpc) is 2.76. The maximum absolute atomic E-state index is 8.81. The van der Waals surface area contributed by atoms with Crippen LogP contribution in [0.2, 0.25) is 0 Å². The number of nitrogens with one attached hydrogen (secondary N) is 1. The Balaban J connectivity index is 1.93. The number of hydrogen-bond acceptors (Lipinski definition) is 3. The van der Waals surface area contributed by atoms with E-state index in [-0.39, 0.29) is 6.61 Å². The minimum atomic E-state index is -0.0539. The number of aliphatic hydroxyl groups excluding tert-OH is 1. The van der Waals surface area contributed by atoms with E-state index in [1.807, 2.05) is 30.3 Å². The molecule has 0 atom stereocenters. The van der Waals surface area contributed by atoms with E-state index in [0.29, 0.717) is 18.2 Å². The summed E-state index contributed by atoms with van der Waals surface area (Å²) < 4.78 is 5.42. The van der Waals surface area contributed by atoms with E-state index in [4.69, 9.17) is 9.84 Å². The number of hydrogen-bond donors (Lipinski definition) is 2. The van der Waals surface area contributed by atoms with E-state index < -0.39 is 0 Å². The number of aliphatic hydroxyl groups is 1. The van der Waals surface area contributed by atoms with Crippen molar-refractivity contribution in [3.05, 3.63) is 47.7 Å². The molecule has 1 aromatic heterocycles. The van der Waals surface area contributed by atoms with Gasteiger partial charge in [0.25, 0.3) is 0 Å². The Morgan fingerprint density at radius 1 is 1.27 bits per heavy atom. The van der Waals surface area contributed by atoms with Crippen LogP contribution in [0.25, 0.3) is 0 Å². The van der Waals surface area contributed by atoms with Crippen LogP contribution in [0.4, 0.5) is 0 Å². The molecular weight excluding hydrogens is 192 g/mol. The number of aromatic amines is 1. The summed E-state index contributed by atoms with van der Waals surface area (Å²) in [6.07, 6.45) is 0. The fourth-order valence-corrected chi connectivity index (χ4v) is 1.23. The summed E-state index contributed by atoms with van der Waals surface area (Å²) >= 11 is 0. The molecule has 2 aromatic rings. The molecule has 0 aliphatic heterocycles. The summed E-state index contributed by atoms with van der Waals surface area (Å²) in [6, 6.07) is 11.5. The fraction of sp³-hybridized carbons (Fsp3) is 0.182. The zero-order valence-electron chi connectivity index (χ0n) is 8.18. The van der Waals surface area contributed by atoms with Crippen molar-refractivity contribution in [1.29, 1.82) is 0 Å². The summed E-state index contributed by atoms with van der Waals surface area (Å²) in [4.78, 5) is 0. The van der Waals surface area contributed by atoms with E-state index in [9.17, 15) is 0 Å². The third kappa shape index (κ3) is 2.57. The number of rotatable bonds is 4. The van der Waals surface area contributed by atoms with Gasteiger partial charge in [0, 0.05) is 6.07 Å². The minimum Gasteiger partial charge on any atom is -0.472 e. The summed E-state index contributed by atoms with van der Waals surface area (Å²) in [6.45, 7) is 0.429. The van der Waals surface area contributed by atoms with Crippen molar-refractivity contribution in [3.63, 3.8) is 0 Å². The van der Waals surface area contributed by atoms with Crippen LogP contribution < -0.4 is 4.74 Å². The SMILES string of the molecule is OCc1cc(OCc2ccccc2)n[nH]1. The van der Waals surface area contributed by atoms with E-state index in [0.717, 1.165) is 5.56 Å². The Bertz CT molecular complexity index is 412. The van der Waals surface area contributed by atoms with E-state index >= 15 is 0 Å². The Morgan fingerprint density at radius 3 is 2.73 bits per heavy atom. The summed E-state index contributed by atoms with van der Waals surface area (Å²) in [7, 11) is 0. The molecule has 0 saturated heterocycles. The molecule has 15 heavy (non-hydrogen) atoms. The largest absolute Gasteiger partial charge is 0.472 e. The fourth-order valence-electron chi connectivity index (χ4n) is 1.23. The molecule has 1 heterocycles. The number of nitrogens with zero attached hydrogens (tertiary/aromatic N) is 1. The second kappa shape index (κ2) is 4.61. The highest BCUT2D eigenvalue weighted by molar-refractivity contribution is 5.16. The summed E-state index contributed by atoms with van der Waals surface area (Å²) in [5, 5.41) is 15.4. The van der Waals surface area contributed by atoms with Crippen molar-refractivity contribution in [2.24, 2.45) is 0 Å². The van der Waals surface area contributed by atoms with Crippen LogP contribution in [-0.4, -0.2) is 15.3 Å². The number of aromatic nitrogens is 2. The van der Waals surface area contributed by atoms with Gasteiger partial charge in [0.1, 0.15) is 6.61 Å². The van der Waals surface area contributed by atoms with Crippen LogP contribution in [-0.2, 0) is 13.2 Å². The van der Waals surface area contributed by atoms with Crippen molar-refractivity contribution in [1.82, 2.24) is 10.2 Å². The average molecular weight is 204 g/mol. The number of ether oxygens (including phenoxy) is 1. The molecule has 0 radical (unpaired) electrons. The Hall–Kier alpha value is -1.81. The van der Waals surface area contributed by atoms with Gasteiger partial charge in [0.05, 0.1) is 12.3 Å². The highest BCUT2D eigenvalue weighted by Crippen LogP contribution is 2.10. The molecule has 0 bridgehead atoms. The molecule has 0 aliphatic rings. The normalized spacial score (nSPS) is 10.2. The first-order chi connectivity index (χ1) is 7.38. The first-order valence-electron chi connectivity index (χ1n) is 4.70. The van der Waals surface area contributed by atoms with Gasteiger partial charge in [0.15, 0.2) is 0 Å². The van der Waals surface area contributed by atoms with Crippen molar-refractivity contribution in [2.45, 2.75) is 13.2 Å². The molecule has 0 unspecified atom stereocenters. The van der Waals surface area contributed by atoms with E-state index in [2.05, 4.69) is 10.2 Å². The molecular formula is C11H12N2O2. The van der Waals surface area contributed by atoms with Gasteiger partial charge >= 0.3 is 0 Å². The van der Waals surface area contributed by atoms with Gasteiger partial charge in [-0.1, -0.05) is 30.3 Å². The highest BCUT2D eigenvalue weighted by atomic mass is 16.5. The quantitative estimate of drug-likeness (QED) is 0.793. The Morgan fingerprint density at radius 2 is 2.07 bits per heavy atom. The minimum absolute atomic E-state index is 0.0539. The Kier molecular flexibility index (Phi) is 2.99. The molecule has 4 nitrogen and oxygen atoms in total. The monoisotopic (exact) mass is 204 g/mol. The van der Waals surface area contributed by atoms with Crippen LogP contribution in [0.1, 0.15) is 11.3 Å². The lowest BCUT2D eigenvalue weighted by atomic mass is 10.2. The van der Waals surface area contributed by atoms with Crippen molar-refractivity contribution in [2.75, 3.05) is 0 Å². The van der Waals surface area contributed by atoms with Crippen LogP contribution >= 0.6 is 0 Å². The highest BCUT2D eigenvalue weighted by Gasteiger charge is 2.00. The van der Waals surface area contributed by atoms with Gasteiger partial charge in [-0.3, -0.25) is 5.10 Å². The van der Waals surface area contributed by atoms with Crippen LogP contribution in [0.15, 0.2) is 36.4 Å². The lowest BCUT2D eigenvalue weighted by Crippen LogP contribution is -1.94. The Labute approximate surface area is 87.5 Å². The molecule has 0 saturated carbocycles. The topological polar surface area (TPSA) is 58.1 Å². The van der Waals surface area contributed by atoms with Crippen molar-refractivity contribution >= 4 is 0 Å². The molecule has 0 fully saturated rings. The van der Waals surface area contributed by atoms with Gasteiger partial charge in [-0.2, -0.15) is 0 Å². The maximum Gasteiger partial charge on any atom is 0.233 e. The van der Waals surface area contributed by atoms with E-state index in [1.165, 1.54) is 0 Å². The second-order valence-electron chi connectivity index (χ2n) is 3.16. The molecule has 78 valence electrons. The van der Waals surface area contributed by atoms with E-state index in [1.54, 1.807) is 6.07 Å². The van der Waals surface area contributed by atoms with Gasteiger partial charge < -0.3 is 9.84 Å². The van der Waals surface area contributed by atoms with Gasteiger partial charge in [-0.25, -0.2) is 0 Å². The number of benzene rings is 1. The first kappa shape index (κ1) is 9.73. The predicted molar refractivity (Wildman–Crippen MR) is 55.3 cm³/mol. The van der Waals surface area contributed by atoms with Gasteiger partial charge in [-0.15, -0.1) is 5.10 Å². The maximum atomic E-state index is 8.81. The zero-order valence-corrected chi connectivity index (χ0v) is 8.18. The number of H-pyrrole nitrogens is 1. The molecule has 4 heteroatoms. The molecule has 0 amide bonds. The summed E-state index contributed by atoms with van der Waals surface area (Å²) in [5.41, 5.74) is 1.74. The summed E-state index contributed by atoms with van der Waals surface area (Å²) in [5.74, 6) is 0.503. The van der Waals surface area contributed by atoms with Crippen molar-refractivity contribution < 1.29 is 9.84 Å². The third-order valence-corrected chi connectivity index (χ3v) is 2.01. The smallest absolute Gasteiger partial charge is 0.233 e. The van der Waals surface area contributed by atoms with Crippen LogP contribution in [0.3, 0.4) is 0 Å². The molecule has 0 aliphatic carbocycles. The molecule has 0 spiro atoms. The standard InChI is InChI=1S/C11H12N2O2/c14-7-10-6-11(13-12-10)15-8-9-4-2-1-3-5-9/h1-6,14H,7-8H2,(H,12,13). The lowest BCUT2D eigenvalue weighted by molar-refractivity contribution is 0.276. The predicted octanol–water partition coefficient (Wildman–Crippen LogP) is 1.48. The van der Waals surface area contributed by atoms with Gasteiger partial charge in [-0.05, 0) is 5.56 Å². The zero-order chi connectivity index (χ0) is 10.5. The van der Waals surface area contributed by atoms with Crippen LogP contribution in [0, 0.1) is 0 Å². The van der Waals surface area contributed by atoms with Crippen molar-refractivity contribution in [3.8, 4) is 5.88 Å². The van der Waals surface area contributed by atoms with Gasteiger partial charge in [0.2, 0.25) is 5.88 Å². The first-order valence-corrected chi connectivity index (χ1v) is 4.70. The molecule has 2 rings (SSSR count). The lowest BCUT2D eigenvalue weighted by Gasteiger charge is -2.01. The third-order valence-electron chi connectivity index (χ3n) is 2.01. The van der Waals surface area contributed by atoms with Crippen LogP contribution in [0.5, 0.6) is 5.88 Å². The second-order valence-corrected chi connectivity index (χ2v) is 3.16. The molecule has 1 aromatic carbocycles.